The number of para-hydroxylation sites is 1. The van der Waals surface area contributed by atoms with Gasteiger partial charge in [0, 0.05) is 17.8 Å². The van der Waals surface area contributed by atoms with Gasteiger partial charge in [-0.15, -0.1) is 0 Å². The number of fused-ring (bicyclic) bond motifs is 1. The zero-order valence-electron chi connectivity index (χ0n) is 11.3. The average Bonchev–Trinajstić information content (AvgIpc) is 2.92. The summed E-state index contributed by atoms with van der Waals surface area (Å²) < 4.78 is 11.2. The zero-order valence-corrected chi connectivity index (χ0v) is 11.3. The lowest BCUT2D eigenvalue weighted by Gasteiger charge is -2.14. The van der Waals surface area contributed by atoms with Gasteiger partial charge >= 0.3 is 0 Å². The van der Waals surface area contributed by atoms with Crippen LogP contribution in [0.2, 0.25) is 0 Å². The second-order valence-corrected chi connectivity index (χ2v) is 4.36. The first-order chi connectivity index (χ1) is 9.83. The highest BCUT2D eigenvalue weighted by Crippen LogP contribution is 2.30. The molecule has 1 atom stereocenters. The van der Waals surface area contributed by atoms with Crippen LogP contribution in [-0.4, -0.2) is 24.1 Å². The van der Waals surface area contributed by atoms with Crippen molar-refractivity contribution in [3.8, 4) is 5.88 Å². The largest absolute Gasteiger partial charge is 0.480 e. The van der Waals surface area contributed by atoms with Crippen LogP contribution in [0.4, 0.5) is 0 Å². The quantitative estimate of drug-likeness (QED) is 0.788. The lowest BCUT2D eigenvalue weighted by atomic mass is 10.1. The number of aromatic nitrogens is 2. The van der Waals surface area contributed by atoms with Crippen LogP contribution in [0.3, 0.4) is 0 Å². The van der Waals surface area contributed by atoms with E-state index in [0.717, 1.165) is 16.7 Å². The maximum Gasteiger partial charge on any atom is 0.237 e. The first kappa shape index (κ1) is 12.6. The minimum Gasteiger partial charge on any atom is -0.480 e. The van der Waals surface area contributed by atoms with Crippen molar-refractivity contribution in [2.75, 3.05) is 14.2 Å². The van der Waals surface area contributed by atoms with Gasteiger partial charge < -0.3 is 14.5 Å². The summed E-state index contributed by atoms with van der Waals surface area (Å²) in [4.78, 5) is 8.54. The first-order valence-corrected chi connectivity index (χ1v) is 6.34. The number of furan rings is 1. The van der Waals surface area contributed by atoms with Gasteiger partial charge in [-0.1, -0.05) is 18.2 Å². The molecule has 0 bridgehead atoms. The van der Waals surface area contributed by atoms with Crippen LogP contribution in [0, 0.1) is 0 Å². The second kappa shape index (κ2) is 5.30. The topological polar surface area (TPSA) is 60.2 Å². The number of methoxy groups -OCH3 is 1. The third kappa shape index (κ3) is 2.12. The fourth-order valence-corrected chi connectivity index (χ4v) is 2.25. The summed E-state index contributed by atoms with van der Waals surface area (Å²) in [6, 6.07) is 9.70. The van der Waals surface area contributed by atoms with Crippen molar-refractivity contribution < 1.29 is 9.15 Å². The number of benzene rings is 1. The number of rotatable bonds is 4. The highest BCUT2D eigenvalue weighted by molar-refractivity contribution is 5.77. The third-order valence-corrected chi connectivity index (χ3v) is 3.18. The molecule has 0 aliphatic rings. The third-order valence-electron chi connectivity index (χ3n) is 3.18. The normalized spacial score (nSPS) is 12.5. The predicted octanol–water partition coefficient (Wildman–Crippen LogP) is 2.54. The summed E-state index contributed by atoms with van der Waals surface area (Å²) in [6.07, 6.45) is 3.25. The monoisotopic (exact) mass is 269 g/mol. The minimum atomic E-state index is -0.203. The van der Waals surface area contributed by atoms with E-state index >= 15 is 0 Å². The van der Waals surface area contributed by atoms with Crippen LogP contribution >= 0.6 is 0 Å². The summed E-state index contributed by atoms with van der Waals surface area (Å²) in [5.41, 5.74) is 1.56. The van der Waals surface area contributed by atoms with Gasteiger partial charge in [0.05, 0.1) is 7.11 Å². The Balaban J connectivity index is 2.09. The van der Waals surface area contributed by atoms with Crippen LogP contribution in [0.25, 0.3) is 11.0 Å². The Labute approximate surface area is 116 Å². The zero-order chi connectivity index (χ0) is 13.9. The van der Waals surface area contributed by atoms with E-state index in [0.29, 0.717) is 11.6 Å². The van der Waals surface area contributed by atoms with Gasteiger partial charge in [-0.05, 0) is 19.2 Å². The lowest BCUT2D eigenvalue weighted by molar-refractivity contribution is 0.378. The SMILES string of the molecule is CNC(c1cc2ccccc2o1)c1nccnc1OC. The van der Waals surface area contributed by atoms with Gasteiger partial charge in [-0.2, -0.15) is 0 Å². The molecule has 1 N–H and O–H groups in total. The lowest BCUT2D eigenvalue weighted by Crippen LogP contribution is -2.19. The summed E-state index contributed by atoms with van der Waals surface area (Å²) in [5.74, 6) is 1.28. The molecule has 0 saturated heterocycles. The molecule has 0 fully saturated rings. The number of ether oxygens (including phenoxy) is 1. The summed E-state index contributed by atoms with van der Waals surface area (Å²) in [6.45, 7) is 0. The molecule has 1 aromatic carbocycles. The maximum atomic E-state index is 5.89. The maximum absolute atomic E-state index is 5.89. The molecule has 0 aliphatic carbocycles. The molecule has 3 rings (SSSR count). The number of hydrogen-bond donors (Lipinski definition) is 1. The fourth-order valence-electron chi connectivity index (χ4n) is 2.25. The Hall–Kier alpha value is -2.40. The molecule has 5 nitrogen and oxygen atoms in total. The van der Waals surface area contributed by atoms with E-state index in [9.17, 15) is 0 Å². The molecule has 2 heterocycles. The van der Waals surface area contributed by atoms with E-state index in [1.54, 1.807) is 19.5 Å². The van der Waals surface area contributed by atoms with Crippen molar-refractivity contribution in [1.29, 1.82) is 0 Å². The molecular weight excluding hydrogens is 254 g/mol. The van der Waals surface area contributed by atoms with Crippen molar-refractivity contribution in [1.82, 2.24) is 15.3 Å². The molecule has 5 heteroatoms. The Morgan fingerprint density at radius 3 is 2.75 bits per heavy atom. The van der Waals surface area contributed by atoms with Crippen molar-refractivity contribution in [3.63, 3.8) is 0 Å². The van der Waals surface area contributed by atoms with E-state index in [1.165, 1.54) is 0 Å². The van der Waals surface area contributed by atoms with Gasteiger partial charge in [0.1, 0.15) is 23.1 Å². The molecule has 0 radical (unpaired) electrons. The number of nitrogens with zero attached hydrogens (tertiary/aromatic N) is 2. The van der Waals surface area contributed by atoms with Crippen LogP contribution in [0.15, 0.2) is 47.1 Å². The Morgan fingerprint density at radius 1 is 1.20 bits per heavy atom. The van der Waals surface area contributed by atoms with Gasteiger partial charge in [0.2, 0.25) is 5.88 Å². The molecular formula is C15H15N3O2. The summed E-state index contributed by atoms with van der Waals surface area (Å²) in [7, 11) is 3.44. The molecule has 20 heavy (non-hydrogen) atoms. The number of hydrogen-bond acceptors (Lipinski definition) is 5. The van der Waals surface area contributed by atoms with Crippen LogP contribution in [0.5, 0.6) is 5.88 Å². The highest BCUT2D eigenvalue weighted by atomic mass is 16.5. The van der Waals surface area contributed by atoms with Crippen molar-refractivity contribution in [3.05, 3.63) is 54.2 Å². The molecule has 1 unspecified atom stereocenters. The van der Waals surface area contributed by atoms with Crippen molar-refractivity contribution in [2.24, 2.45) is 0 Å². The fraction of sp³-hybridized carbons (Fsp3) is 0.200. The standard InChI is InChI=1S/C15H15N3O2/c1-16-13(14-15(19-2)18-8-7-17-14)12-9-10-5-3-4-6-11(10)20-12/h3-9,13,16H,1-2H3. The highest BCUT2D eigenvalue weighted by Gasteiger charge is 2.22. The Kier molecular flexibility index (Phi) is 3.35. The molecule has 2 aromatic heterocycles. The Morgan fingerprint density at radius 2 is 2.00 bits per heavy atom. The molecule has 3 aromatic rings. The minimum absolute atomic E-state index is 0.203. The molecule has 0 spiro atoms. The molecule has 0 amide bonds. The molecule has 0 saturated carbocycles. The van der Waals surface area contributed by atoms with Gasteiger partial charge in [-0.25, -0.2) is 4.98 Å². The predicted molar refractivity (Wildman–Crippen MR) is 75.7 cm³/mol. The number of nitrogens with one attached hydrogen (secondary N) is 1. The van der Waals surface area contributed by atoms with Gasteiger partial charge in [-0.3, -0.25) is 4.98 Å². The van der Waals surface area contributed by atoms with Crippen LogP contribution in [0.1, 0.15) is 17.5 Å². The van der Waals surface area contributed by atoms with Gasteiger partial charge in [0.15, 0.2) is 0 Å². The summed E-state index contributed by atoms with van der Waals surface area (Å²) >= 11 is 0. The Bertz CT molecular complexity index is 691. The van der Waals surface area contributed by atoms with Crippen molar-refractivity contribution in [2.45, 2.75) is 6.04 Å². The van der Waals surface area contributed by atoms with Crippen LogP contribution in [-0.2, 0) is 0 Å². The van der Waals surface area contributed by atoms with Crippen LogP contribution < -0.4 is 10.1 Å². The van der Waals surface area contributed by atoms with E-state index < -0.39 is 0 Å². The van der Waals surface area contributed by atoms with Crippen molar-refractivity contribution >= 4 is 11.0 Å². The first-order valence-electron chi connectivity index (χ1n) is 6.34. The van der Waals surface area contributed by atoms with E-state index in [1.807, 2.05) is 37.4 Å². The second-order valence-electron chi connectivity index (χ2n) is 4.36. The van der Waals surface area contributed by atoms with E-state index in [-0.39, 0.29) is 6.04 Å². The van der Waals surface area contributed by atoms with Gasteiger partial charge in [0.25, 0.3) is 0 Å². The molecule has 0 aliphatic heterocycles. The average molecular weight is 269 g/mol. The molecule has 102 valence electrons. The van der Waals surface area contributed by atoms with E-state index in [2.05, 4.69) is 15.3 Å². The summed E-state index contributed by atoms with van der Waals surface area (Å²) in [5, 5.41) is 4.25. The smallest absolute Gasteiger partial charge is 0.237 e. The van der Waals surface area contributed by atoms with E-state index in [4.69, 9.17) is 9.15 Å².